The lowest BCUT2D eigenvalue weighted by molar-refractivity contribution is 0.288. The highest BCUT2D eigenvalue weighted by Crippen LogP contribution is 2.34. The second-order valence-electron chi connectivity index (χ2n) is 3.16. The fourth-order valence-corrected chi connectivity index (χ4v) is 1.50. The van der Waals surface area contributed by atoms with E-state index in [0.717, 1.165) is 0 Å². The number of para-hydroxylation sites is 2. The molecule has 3 rings (SSSR count). The molecule has 3 aromatic rings. The van der Waals surface area contributed by atoms with Crippen molar-refractivity contribution in [3.05, 3.63) is 42.3 Å². The van der Waals surface area contributed by atoms with E-state index in [0.29, 0.717) is 0 Å². The molecule has 4 nitrogen and oxygen atoms in total. The second-order valence-corrected chi connectivity index (χ2v) is 3.16. The van der Waals surface area contributed by atoms with Crippen molar-refractivity contribution in [3.8, 4) is 5.75 Å². The quantitative estimate of drug-likeness (QED) is 0.666. The molecule has 0 aliphatic rings. The Balaban J connectivity index is 2.62. The van der Waals surface area contributed by atoms with Gasteiger partial charge in [-0.05, 0) is 12.1 Å². The van der Waals surface area contributed by atoms with Crippen molar-refractivity contribution in [3.63, 3.8) is 0 Å². The summed E-state index contributed by atoms with van der Waals surface area (Å²) in [5, 5.41) is 17.7. The molecule has 5 heteroatoms. The Morgan fingerprint density at radius 1 is 1.06 bits per heavy atom. The van der Waals surface area contributed by atoms with E-state index in [9.17, 15) is 0 Å². The molecule has 2 N–H and O–H groups in total. The molecule has 0 atom stereocenters. The van der Waals surface area contributed by atoms with Gasteiger partial charge in [0.05, 0.1) is 9.60 Å². The molecule has 0 amide bonds. The van der Waals surface area contributed by atoms with Crippen LogP contribution in [0.3, 0.4) is 0 Å². The predicted octanol–water partition coefficient (Wildman–Crippen LogP) is 1.93. The van der Waals surface area contributed by atoms with Gasteiger partial charge in [0.25, 0.3) is 0 Å². The summed E-state index contributed by atoms with van der Waals surface area (Å²) in [6.45, 7) is 0. The van der Waals surface area contributed by atoms with Gasteiger partial charge in [-0.3, -0.25) is 0 Å². The van der Waals surface area contributed by atoms with E-state index in [-0.39, 0.29) is 21.9 Å². The third-order valence-corrected chi connectivity index (χ3v) is 2.13. The van der Waals surface area contributed by atoms with Crippen LogP contribution in [-0.4, -0.2) is 17.4 Å². The summed E-state index contributed by atoms with van der Waals surface area (Å²) in [5.74, 6) is -0.533. The Kier molecular flexibility index (Phi) is 1.14. The van der Waals surface area contributed by atoms with Crippen LogP contribution in [0.15, 0.2) is 46.7 Å². The van der Waals surface area contributed by atoms with Gasteiger partial charge in [-0.25, -0.2) is 0 Å². The van der Waals surface area contributed by atoms with Crippen LogP contribution in [0.1, 0.15) is 9.60 Å². The number of hydrogen-bond acceptors (Lipinski definition) is 4. The first-order chi connectivity index (χ1) is 11.2. The van der Waals surface area contributed by atoms with Gasteiger partial charge < -0.3 is 19.1 Å². The molecular formula is C12H9BO4. The van der Waals surface area contributed by atoms with Crippen LogP contribution in [0.25, 0.3) is 21.9 Å². The predicted molar refractivity (Wildman–Crippen MR) is 64.5 cm³/mol. The summed E-state index contributed by atoms with van der Waals surface area (Å²) < 4.78 is 64.9. The van der Waals surface area contributed by atoms with E-state index in [1.54, 1.807) is 0 Å². The van der Waals surface area contributed by atoms with Crippen molar-refractivity contribution in [2.24, 2.45) is 0 Å². The van der Waals surface area contributed by atoms with Gasteiger partial charge in [-0.2, -0.15) is 0 Å². The number of hydrogen-bond donors (Lipinski definition) is 2. The first-order valence-electron chi connectivity index (χ1n) is 8.11. The zero-order valence-electron chi connectivity index (χ0n) is 15.3. The highest BCUT2D eigenvalue weighted by atomic mass is 16.6. The summed E-state index contributed by atoms with van der Waals surface area (Å²) in [4.78, 5) is 0. The third kappa shape index (κ3) is 1.65. The van der Waals surface area contributed by atoms with Gasteiger partial charge in [-0.15, -0.1) is 0 Å². The Bertz CT molecular complexity index is 1000. The summed E-state index contributed by atoms with van der Waals surface area (Å²) >= 11 is 0. The highest BCUT2D eigenvalue weighted by Gasteiger charge is 2.16. The molecule has 0 saturated heterocycles. The first-order valence-corrected chi connectivity index (χ1v) is 4.61. The average molecular weight is 235 g/mol. The van der Waals surface area contributed by atoms with Crippen LogP contribution in [0.5, 0.6) is 5.75 Å². The van der Waals surface area contributed by atoms with Crippen LogP contribution in [0.4, 0.5) is 0 Å². The Hall–Kier alpha value is -1.98. The zero-order valence-corrected chi connectivity index (χ0v) is 8.29. The number of fused-ring (bicyclic) bond motifs is 3. The standard InChI is InChI=1S/C12H9BO4/c14-13(15)17-11-7-3-5-9-8-4-1-2-6-10(8)16-12(9)11/h1-7,14-15H/i1D,2D,3D,4D,5D,6D,7D. The number of furan rings is 1. The topological polar surface area (TPSA) is 62.8 Å². The summed E-state index contributed by atoms with van der Waals surface area (Å²) in [6.07, 6.45) is 0. The fraction of sp³-hybridized carbons (Fsp3) is 0. The Morgan fingerprint density at radius 2 is 1.82 bits per heavy atom. The van der Waals surface area contributed by atoms with Crippen molar-refractivity contribution >= 4 is 29.3 Å². The molecule has 17 heavy (non-hydrogen) atoms. The van der Waals surface area contributed by atoms with Gasteiger partial charge in [0.15, 0.2) is 5.58 Å². The van der Waals surface area contributed by atoms with E-state index in [2.05, 4.69) is 4.65 Å². The lowest BCUT2D eigenvalue weighted by atomic mass is 10.1. The molecular weight excluding hydrogens is 219 g/mol. The largest absolute Gasteiger partial charge is 0.707 e. The molecule has 0 spiro atoms. The van der Waals surface area contributed by atoms with Gasteiger partial charge in [0, 0.05) is 10.8 Å². The van der Waals surface area contributed by atoms with Crippen molar-refractivity contribution in [2.45, 2.75) is 0 Å². The van der Waals surface area contributed by atoms with E-state index < -0.39 is 55.4 Å². The molecule has 0 aliphatic heterocycles. The lowest BCUT2D eigenvalue weighted by Gasteiger charge is -2.03. The molecule has 1 aromatic heterocycles. The molecule has 84 valence electrons. The van der Waals surface area contributed by atoms with E-state index in [1.807, 2.05) is 0 Å². The summed E-state index contributed by atoms with van der Waals surface area (Å²) in [5.41, 5.74) is -0.595. The van der Waals surface area contributed by atoms with E-state index in [4.69, 9.17) is 24.1 Å². The Morgan fingerprint density at radius 3 is 2.65 bits per heavy atom. The molecule has 0 aliphatic carbocycles. The van der Waals surface area contributed by atoms with E-state index >= 15 is 0 Å². The van der Waals surface area contributed by atoms with Crippen LogP contribution in [0, 0.1) is 0 Å². The molecule has 0 saturated carbocycles. The average Bonchev–Trinajstić information content (AvgIpc) is 2.93. The van der Waals surface area contributed by atoms with Crippen molar-refractivity contribution < 1.29 is 28.7 Å². The normalized spacial score (nSPS) is 16.7. The van der Waals surface area contributed by atoms with Crippen LogP contribution in [-0.2, 0) is 0 Å². The molecule has 0 radical (unpaired) electrons. The SMILES string of the molecule is [2H]c1c([2H])c([2H])c2c(oc3c(OB(O)O)c([2H])c([2H])c([2H])c32)c1[2H]. The van der Waals surface area contributed by atoms with E-state index in [1.165, 1.54) is 0 Å². The molecule has 0 unspecified atom stereocenters. The van der Waals surface area contributed by atoms with Gasteiger partial charge in [-0.1, -0.05) is 30.2 Å². The number of rotatable bonds is 2. The Labute approximate surface area is 107 Å². The van der Waals surface area contributed by atoms with Crippen molar-refractivity contribution in [2.75, 3.05) is 0 Å². The maximum atomic E-state index is 8.99. The maximum absolute atomic E-state index is 8.99. The molecule has 0 bridgehead atoms. The molecule has 2 aromatic carbocycles. The summed E-state index contributed by atoms with van der Waals surface area (Å²) in [7, 11) is -2.31. The maximum Gasteiger partial charge on any atom is 0.707 e. The number of benzene rings is 2. The fourth-order valence-electron chi connectivity index (χ4n) is 1.50. The minimum Gasteiger partial charge on any atom is -0.509 e. The summed E-state index contributed by atoms with van der Waals surface area (Å²) in [6, 6.07) is -3.76. The first kappa shape index (κ1) is 5.12. The van der Waals surface area contributed by atoms with Crippen molar-refractivity contribution in [1.82, 2.24) is 0 Å². The van der Waals surface area contributed by atoms with Crippen molar-refractivity contribution in [1.29, 1.82) is 0 Å². The van der Waals surface area contributed by atoms with Crippen LogP contribution >= 0.6 is 0 Å². The smallest absolute Gasteiger partial charge is 0.509 e. The van der Waals surface area contributed by atoms with Gasteiger partial charge >= 0.3 is 7.32 Å². The lowest BCUT2D eigenvalue weighted by Crippen LogP contribution is -2.20. The monoisotopic (exact) mass is 235 g/mol. The minimum absolute atomic E-state index is 0.133. The second kappa shape index (κ2) is 3.80. The molecule has 1 heterocycles. The highest BCUT2D eigenvalue weighted by molar-refractivity contribution is 6.34. The van der Waals surface area contributed by atoms with Gasteiger partial charge in [0.1, 0.15) is 11.3 Å². The van der Waals surface area contributed by atoms with Crippen LogP contribution in [0.2, 0.25) is 0 Å². The minimum atomic E-state index is -2.31. The molecule has 0 fully saturated rings. The third-order valence-electron chi connectivity index (χ3n) is 2.13. The van der Waals surface area contributed by atoms with Crippen LogP contribution < -0.4 is 4.65 Å². The van der Waals surface area contributed by atoms with Gasteiger partial charge in [0.2, 0.25) is 0 Å². The zero-order chi connectivity index (χ0) is 17.9.